The molecule has 3 fully saturated rings. The minimum absolute atomic E-state index is 0.149. The number of imide groups is 1. The monoisotopic (exact) mass is 504 g/mol. The first-order valence-electron chi connectivity index (χ1n) is 12.5. The summed E-state index contributed by atoms with van der Waals surface area (Å²) in [6, 6.07) is 13.6. The van der Waals surface area contributed by atoms with Crippen LogP contribution in [0.15, 0.2) is 48.5 Å². The minimum Gasteiger partial charge on any atom is -0.495 e. The topological polar surface area (TPSA) is 108 Å². The molecule has 4 unspecified atom stereocenters. The molecule has 0 saturated carbocycles. The van der Waals surface area contributed by atoms with Gasteiger partial charge in [-0.2, -0.15) is 0 Å². The van der Waals surface area contributed by atoms with E-state index in [1.54, 1.807) is 53.4 Å². The van der Waals surface area contributed by atoms with Gasteiger partial charge in [0.25, 0.3) is 5.91 Å². The molecule has 192 valence electrons. The van der Waals surface area contributed by atoms with E-state index in [0.717, 1.165) is 4.90 Å². The Balaban J connectivity index is 1.41. The second-order valence-electron chi connectivity index (χ2n) is 9.83. The van der Waals surface area contributed by atoms with Crippen molar-refractivity contribution in [1.29, 1.82) is 0 Å². The molecule has 2 aromatic rings. The number of ether oxygens (including phenoxy) is 2. The Labute approximate surface area is 214 Å². The molecule has 4 aliphatic heterocycles. The number of fused-ring (bicyclic) bond motifs is 4. The van der Waals surface area contributed by atoms with E-state index in [1.807, 2.05) is 6.92 Å². The van der Waals surface area contributed by atoms with Gasteiger partial charge in [0.1, 0.15) is 17.8 Å². The van der Waals surface area contributed by atoms with Gasteiger partial charge in [-0.3, -0.25) is 24.5 Å². The molecule has 4 aliphatic rings. The third-order valence-electron chi connectivity index (χ3n) is 8.00. The molecular formula is C27H28N4O6. The van der Waals surface area contributed by atoms with Gasteiger partial charge in [0.05, 0.1) is 37.8 Å². The first-order chi connectivity index (χ1) is 17.9. The highest BCUT2D eigenvalue weighted by atomic mass is 16.5. The van der Waals surface area contributed by atoms with Crippen LogP contribution in [0.1, 0.15) is 12.5 Å². The lowest BCUT2D eigenvalue weighted by molar-refractivity contribution is -0.136. The van der Waals surface area contributed by atoms with Crippen molar-refractivity contribution in [3.63, 3.8) is 0 Å². The van der Waals surface area contributed by atoms with Crippen LogP contribution in [0.5, 0.6) is 5.75 Å². The van der Waals surface area contributed by atoms with Crippen LogP contribution in [-0.2, 0) is 29.5 Å². The maximum atomic E-state index is 14.3. The maximum absolute atomic E-state index is 14.3. The third-order valence-corrected chi connectivity index (χ3v) is 8.00. The molecule has 6 rings (SSSR count). The molecule has 10 heteroatoms. The number of hydrogen-bond acceptors (Lipinski definition) is 7. The van der Waals surface area contributed by atoms with Crippen molar-refractivity contribution in [2.75, 3.05) is 49.8 Å². The quantitative estimate of drug-likeness (QED) is 0.616. The molecule has 0 aliphatic carbocycles. The normalized spacial score (nSPS) is 28.8. The van der Waals surface area contributed by atoms with Crippen LogP contribution in [0.2, 0.25) is 0 Å². The highest BCUT2D eigenvalue weighted by Crippen LogP contribution is 2.55. The molecular weight excluding hydrogens is 476 g/mol. The van der Waals surface area contributed by atoms with E-state index in [0.29, 0.717) is 49.0 Å². The first kappa shape index (κ1) is 23.6. The van der Waals surface area contributed by atoms with E-state index < -0.39 is 35.2 Å². The average molecular weight is 505 g/mol. The molecule has 10 nitrogen and oxygen atoms in total. The van der Waals surface area contributed by atoms with E-state index in [1.165, 1.54) is 12.0 Å². The van der Waals surface area contributed by atoms with Crippen molar-refractivity contribution in [3.05, 3.63) is 54.1 Å². The number of carbonyl (C=O) groups is 4. The van der Waals surface area contributed by atoms with Gasteiger partial charge in [-0.05, 0) is 25.1 Å². The Bertz CT molecular complexity index is 1310. The van der Waals surface area contributed by atoms with Crippen molar-refractivity contribution in [2.24, 2.45) is 11.8 Å². The fraction of sp³-hybridized carbons (Fsp3) is 0.407. The van der Waals surface area contributed by atoms with Gasteiger partial charge in [0, 0.05) is 30.4 Å². The number of rotatable bonds is 4. The maximum Gasteiger partial charge on any atom is 0.253 e. The lowest BCUT2D eigenvalue weighted by Crippen LogP contribution is -2.56. The zero-order valence-electron chi connectivity index (χ0n) is 20.7. The van der Waals surface area contributed by atoms with Gasteiger partial charge in [0.15, 0.2) is 0 Å². The number of carbonyl (C=O) groups excluding carboxylic acids is 4. The summed E-state index contributed by atoms with van der Waals surface area (Å²) >= 11 is 0. The Hall–Kier alpha value is -3.76. The van der Waals surface area contributed by atoms with Gasteiger partial charge in [0.2, 0.25) is 17.7 Å². The molecule has 1 spiro atoms. The molecule has 1 N–H and O–H groups in total. The molecule has 37 heavy (non-hydrogen) atoms. The second kappa shape index (κ2) is 8.67. The summed E-state index contributed by atoms with van der Waals surface area (Å²) in [5.41, 5.74) is 0.0904. The molecule has 0 aromatic heterocycles. The fourth-order valence-electron chi connectivity index (χ4n) is 6.37. The van der Waals surface area contributed by atoms with E-state index in [2.05, 4.69) is 5.32 Å². The van der Waals surface area contributed by atoms with Crippen LogP contribution in [0.3, 0.4) is 0 Å². The number of methoxy groups -OCH3 is 1. The highest BCUT2D eigenvalue weighted by Gasteiger charge is 2.71. The summed E-state index contributed by atoms with van der Waals surface area (Å²) in [4.78, 5) is 59.5. The van der Waals surface area contributed by atoms with Gasteiger partial charge >= 0.3 is 0 Å². The molecule has 0 bridgehead atoms. The zero-order valence-corrected chi connectivity index (χ0v) is 20.7. The minimum atomic E-state index is -1.45. The van der Waals surface area contributed by atoms with Crippen LogP contribution < -0.4 is 19.9 Å². The fourth-order valence-corrected chi connectivity index (χ4v) is 6.37. The number of para-hydroxylation sites is 3. The summed E-state index contributed by atoms with van der Waals surface area (Å²) in [6.45, 7) is 3.52. The molecule has 0 radical (unpaired) electrons. The van der Waals surface area contributed by atoms with E-state index in [4.69, 9.17) is 9.47 Å². The number of hydrogen-bond donors (Lipinski definition) is 1. The number of benzene rings is 2. The summed E-state index contributed by atoms with van der Waals surface area (Å²) < 4.78 is 10.8. The number of amides is 4. The highest BCUT2D eigenvalue weighted by molar-refractivity contribution is 6.26. The molecule has 3 saturated heterocycles. The smallest absolute Gasteiger partial charge is 0.253 e. The molecule has 4 amide bonds. The van der Waals surface area contributed by atoms with Crippen LogP contribution in [-0.4, -0.2) is 74.5 Å². The summed E-state index contributed by atoms with van der Waals surface area (Å²) in [7, 11) is 1.48. The van der Waals surface area contributed by atoms with Crippen molar-refractivity contribution >= 4 is 35.0 Å². The summed E-state index contributed by atoms with van der Waals surface area (Å²) in [5, 5.41) is 3.35. The van der Waals surface area contributed by atoms with Gasteiger partial charge in [-0.1, -0.05) is 30.3 Å². The van der Waals surface area contributed by atoms with Gasteiger partial charge < -0.3 is 19.3 Å². The molecule has 4 heterocycles. The van der Waals surface area contributed by atoms with Gasteiger partial charge in [-0.15, -0.1) is 0 Å². The van der Waals surface area contributed by atoms with Crippen LogP contribution >= 0.6 is 0 Å². The Morgan fingerprint density at radius 2 is 1.70 bits per heavy atom. The predicted molar refractivity (Wildman–Crippen MR) is 133 cm³/mol. The SMILES string of the molecule is COc1ccccc1N1C(=O)C2C(C)NC3(C(=O)N(CC(=O)N4CCOCC4)c4ccccc43)C2C1=O. The Morgan fingerprint density at radius 3 is 2.43 bits per heavy atom. The van der Waals surface area contributed by atoms with Crippen molar-refractivity contribution in [2.45, 2.75) is 18.5 Å². The van der Waals surface area contributed by atoms with Crippen LogP contribution in [0.25, 0.3) is 0 Å². The lowest BCUT2D eigenvalue weighted by Gasteiger charge is -2.31. The largest absolute Gasteiger partial charge is 0.495 e. The summed E-state index contributed by atoms with van der Waals surface area (Å²) in [5.74, 6) is -2.71. The van der Waals surface area contributed by atoms with E-state index >= 15 is 0 Å². The number of nitrogens with one attached hydrogen (secondary N) is 1. The standard InChI is InChI=1S/C27H28N4O6/c1-16-22-23(25(34)31(24(22)33)19-9-5-6-10-20(19)36-2)27(28-16)17-7-3-4-8-18(17)30(26(27)35)15-21(32)29-11-13-37-14-12-29/h3-10,16,22-23,28H,11-15H2,1-2H3. The van der Waals surface area contributed by atoms with Crippen molar-refractivity contribution in [1.82, 2.24) is 10.2 Å². The number of anilines is 2. The summed E-state index contributed by atoms with van der Waals surface area (Å²) in [6.07, 6.45) is 0. The molecule has 2 aromatic carbocycles. The third kappa shape index (κ3) is 3.25. The predicted octanol–water partition coefficient (Wildman–Crippen LogP) is 0.893. The van der Waals surface area contributed by atoms with Crippen LogP contribution in [0, 0.1) is 11.8 Å². The van der Waals surface area contributed by atoms with E-state index in [-0.39, 0.29) is 18.4 Å². The Morgan fingerprint density at radius 1 is 1.03 bits per heavy atom. The van der Waals surface area contributed by atoms with Crippen LogP contribution in [0.4, 0.5) is 11.4 Å². The average Bonchev–Trinajstić information content (AvgIpc) is 3.47. The number of nitrogens with zero attached hydrogens (tertiary/aromatic N) is 3. The van der Waals surface area contributed by atoms with E-state index in [9.17, 15) is 19.2 Å². The second-order valence-corrected chi connectivity index (χ2v) is 9.83. The lowest BCUT2D eigenvalue weighted by atomic mass is 9.76. The number of morpholine rings is 1. The molecule has 4 atom stereocenters. The zero-order chi connectivity index (χ0) is 25.9. The Kier molecular flexibility index (Phi) is 5.54. The first-order valence-corrected chi connectivity index (χ1v) is 12.5. The van der Waals surface area contributed by atoms with Crippen molar-refractivity contribution < 1.29 is 28.7 Å². The van der Waals surface area contributed by atoms with Gasteiger partial charge in [-0.25, -0.2) is 4.90 Å². The van der Waals surface area contributed by atoms with Crippen molar-refractivity contribution in [3.8, 4) is 5.75 Å².